The number of Topliss-reactive ketones (excluding diaryl/α,β-unsaturated/α-hetero) is 1. The smallest absolute Gasteiger partial charge is 0.449 e. The van der Waals surface area contributed by atoms with E-state index >= 15 is 0 Å². The van der Waals surface area contributed by atoms with Gasteiger partial charge in [-0.2, -0.15) is 13.2 Å². The van der Waals surface area contributed by atoms with Crippen LogP contribution in [0, 0.1) is 24.6 Å². The summed E-state index contributed by atoms with van der Waals surface area (Å²) in [6, 6.07) is 6.39. The summed E-state index contributed by atoms with van der Waals surface area (Å²) >= 11 is 0. The molecule has 0 spiro atoms. The first kappa shape index (κ1) is 26.9. The molecule has 1 saturated carbocycles. The van der Waals surface area contributed by atoms with Crippen LogP contribution in [0.2, 0.25) is 0 Å². The molecular formula is C27H30F4N2O4. The van der Waals surface area contributed by atoms with Crippen molar-refractivity contribution in [2.75, 3.05) is 6.54 Å². The van der Waals surface area contributed by atoms with Gasteiger partial charge in [-0.1, -0.05) is 18.6 Å². The summed E-state index contributed by atoms with van der Waals surface area (Å²) < 4.78 is 58.6. The predicted octanol–water partition coefficient (Wildman–Crippen LogP) is 5.15. The molecule has 200 valence electrons. The van der Waals surface area contributed by atoms with Gasteiger partial charge in [-0.15, -0.1) is 0 Å². The van der Waals surface area contributed by atoms with Crippen LogP contribution in [0.5, 0.6) is 0 Å². The van der Waals surface area contributed by atoms with Crippen molar-refractivity contribution in [1.29, 1.82) is 0 Å². The van der Waals surface area contributed by atoms with Crippen LogP contribution in [0.15, 0.2) is 46.1 Å². The quantitative estimate of drug-likeness (QED) is 0.147. The Morgan fingerprint density at radius 3 is 2.57 bits per heavy atom. The van der Waals surface area contributed by atoms with Gasteiger partial charge in [0.25, 0.3) is 5.91 Å². The number of amides is 1. The van der Waals surface area contributed by atoms with E-state index in [4.69, 9.17) is 4.42 Å². The Morgan fingerprint density at radius 1 is 1.16 bits per heavy atom. The number of aliphatic hydroxyl groups excluding tert-OH is 1. The van der Waals surface area contributed by atoms with Gasteiger partial charge in [-0.25, -0.2) is 4.39 Å². The minimum Gasteiger partial charge on any atom is -0.510 e. The number of carbonyl (C=O) groups is 2. The highest BCUT2D eigenvalue weighted by Crippen LogP contribution is 2.42. The minimum absolute atomic E-state index is 0.0215. The fraction of sp³-hybridized carbons (Fsp3) is 0.481. The number of hydrogen-bond acceptors (Lipinski definition) is 5. The topological polar surface area (TPSA) is 91.6 Å². The summed E-state index contributed by atoms with van der Waals surface area (Å²) in [6.45, 7) is 1.99. The number of rotatable bonds is 8. The Hall–Kier alpha value is -3.14. The summed E-state index contributed by atoms with van der Waals surface area (Å²) in [5.41, 5.74) is 0.0728. The molecule has 0 radical (unpaired) electrons. The van der Waals surface area contributed by atoms with Crippen molar-refractivity contribution in [3.05, 3.63) is 70.1 Å². The zero-order chi connectivity index (χ0) is 26.7. The number of aliphatic hydroxyl groups is 1. The highest BCUT2D eigenvalue weighted by molar-refractivity contribution is 6.20. The number of aryl methyl sites for hydroxylation is 1. The number of piperidine rings is 1. The largest absolute Gasteiger partial charge is 0.510 e. The molecule has 1 aromatic carbocycles. The number of nitrogens with one attached hydrogen (secondary N) is 2. The van der Waals surface area contributed by atoms with E-state index in [9.17, 15) is 32.3 Å². The SMILES string of the molecule is Cc1cc(CC2CCC2C(=O)/C(C(=O)NCc2cccc(F)c2)=C(\O)[C@@H]2CCCCN2)c(C(F)(F)F)o1. The van der Waals surface area contributed by atoms with Gasteiger partial charge in [-0.05, 0) is 75.3 Å². The normalized spacial score (nSPS) is 22.7. The van der Waals surface area contributed by atoms with Crippen LogP contribution in [-0.2, 0) is 28.7 Å². The van der Waals surface area contributed by atoms with Gasteiger partial charge < -0.3 is 20.2 Å². The molecule has 1 amide bonds. The lowest BCUT2D eigenvalue weighted by atomic mass is 9.67. The van der Waals surface area contributed by atoms with E-state index < -0.39 is 47.3 Å². The first-order chi connectivity index (χ1) is 17.5. The summed E-state index contributed by atoms with van der Waals surface area (Å²) in [5, 5.41) is 16.7. The Kier molecular flexibility index (Phi) is 8.06. The molecule has 10 heteroatoms. The molecule has 6 nitrogen and oxygen atoms in total. The monoisotopic (exact) mass is 522 g/mol. The number of carbonyl (C=O) groups excluding carboxylic acids is 2. The lowest BCUT2D eigenvalue weighted by molar-refractivity contribution is -0.154. The van der Waals surface area contributed by atoms with Crippen molar-refractivity contribution in [2.45, 2.75) is 64.2 Å². The Balaban J connectivity index is 1.55. The van der Waals surface area contributed by atoms with Gasteiger partial charge in [0.05, 0.1) is 6.04 Å². The number of ketones is 1. The lowest BCUT2D eigenvalue weighted by Crippen LogP contribution is -2.43. The maximum atomic E-state index is 13.6. The van der Waals surface area contributed by atoms with E-state index in [0.717, 1.165) is 12.8 Å². The molecule has 37 heavy (non-hydrogen) atoms. The maximum absolute atomic E-state index is 13.6. The van der Waals surface area contributed by atoms with E-state index in [-0.39, 0.29) is 35.6 Å². The molecule has 1 aliphatic heterocycles. The van der Waals surface area contributed by atoms with E-state index in [1.54, 1.807) is 6.07 Å². The average molecular weight is 523 g/mol. The first-order valence-corrected chi connectivity index (χ1v) is 12.4. The van der Waals surface area contributed by atoms with Crippen LogP contribution >= 0.6 is 0 Å². The summed E-state index contributed by atoms with van der Waals surface area (Å²) in [4.78, 5) is 26.8. The lowest BCUT2D eigenvalue weighted by Gasteiger charge is -2.36. The van der Waals surface area contributed by atoms with E-state index in [1.807, 2.05) is 0 Å². The van der Waals surface area contributed by atoms with Gasteiger partial charge in [-0.3, -0.25) is 9.59 Å². The van der Waals surface area contributed by atoms with Gasteiger partial charge in [0.15, 0.2) is 5.78 Å². The molecule has 2 unspecified atom stereocenters. The number of halogens is 4. The van der Waals surface area contributed by atoms with Crippen molar-refractivity contribution in [3.63, 3.8) is 0 Å². The summed E-state index contributed by atoms with van der Waals surface area (Å²) in [5.74, 6) is -4.30. The van der Waals surface area contributed by atoms with Crippen molar-refractivity contribution in [2.24, 2.45) is 11.8 Å². The number of benzene rings is 1. The summed E-state index contributed by atoms with van der Waals surface area (Å²) in [6.07, 6.45) is -1.53. The second kappa shape index (κ2) is 11.1. The van der Waals surface area contributed by atoms with E-state index in [0.29, 0.717) is 31.4 Å². The molecule has 2 aliphatic rings. The average Bonchev–Trinajstić information content (AvgIpc) is 3.22. The minimum atomic E-state index is -4.65. The van der Waals surface area contributed by atoms with Crippen LogP contribution in [0.1, 0.15) is 54.8 Å². The van der Waals surface area contributed by atoms with Crippen LogP contribution in [-0.4, -0.2) is 29.4 Å². The number of hydrogen-bond donors (Lipinski definition) is 3. The van der Waals surface area contributed by atoms with E-state index in [2.05, 4.69) is 10.6 Å². The fourth-order valence-electron chi connectivity index (χ4n) is 5.12. The van der Waals surface area contributed by atoms with Crippen molar-refractivity contribution in [1.82, 2.24) is 10.6 Å². The summed E-state index contributed by atoms with van der Waals surface area (Å²) in [7, 11) is 0. The Labute approximate surface area is 212 Å². The van der Waals surface area contributed by atoms with Crippen LogP contribution in [0.3, 0.4) is 0 Å². The van der Waals surface area contributed by atoms with Gasteiger partial charge in [0.1, 0.15) is 22.9 Å². The zero-order valence-corrected chi connectivity index (χ0v) is 20.5. The first-order valence-electron chi connectivity index (χ1n) is 12.4. The predicted molar refractivity (Wildman–Crippen MR) is 127 cm³/mol. The highest BCUT2D eigenvalue weighted by atomic mass is 19.4. The molecular weight excluding hydrogens is 492 g/mol. The number of furan rings is 1. The highest BCUT2D eigenvalue weighted by Gasteiger charge is 2.44. The van der Waals surface area contributed by atoms with Crippen LogP contribution in [0.4, 0.5) is 17.6 Å². The van der Waals surface area contributed by atoms with Crippen molar-refractivity contribution in [3.8, 4) is 0 Å². The van der Waals surface area contributed by atoms with E-state index in [1.165, 1.54) is 31.2 Å². The number of alkyl halides is 3. The second-order valence-corrected chi connectivity index (χ2v) is 9.80. The fourth-order valence-corrected chi connectivity index (χ4v) is 5.12. The Morgan fingerprint density at radius 2 is 1.95 bits per heavy atom. The third-order valence-electron chi connectivity index (χ3n) is 7.14. The second-order valence-electron chi connectivity index (χ2n) is 9.80. The van der Waals surface area contributed by atoms with Crippen molar-refractivity contribution < 1.29 is 36.7 Å². The molecule has 3 atom stereocenters. The maximum Gasteiger partial charge on any atom is 0.449 e. The van der Waals surface area contributed by atoms with Gasteiger partial charge >= 0.3 is 6.18 Å². The molecule has 1 aromatic heterocycles. The molecule has 2 fully saturated rings. The molecule has 0 bridgehead atoms. The third kappa shape index (κ3) is 6.23. The molecule has 1 saturated heterocycles. The Bertz CT molecular complexity index is 1180. The van der Waals surface area contributed by atoms with Crippen LogP contribution in [0.25, 0.3) is 0 Å². The standard InChI is InChI=1S/C27H30F4N2O4/c1-15-11-18(25(37-15)27(29,30)31)13-17-8-9-20(17)23(34)22(24(35)21-7-2-3-10-32-21)26(36)33-14-16-5-4-6-19(28)12-16/h4-6,11-12,17,20-21,32,35H,2-3,7-10,13-14H2,1H3,(H,33,36)/b24-22+/t17?,20?,21-/m0/s1. The molecule has 4 rings (SSSR count). The molecule has 1 aliphatic carbocycles. The molecule has 2 aromatic rings. The third-order valence-corrected chi connectivity index (χ3v) is 7.14. The molecule has 3 N–H and O–H groups in total. The molecule has 2 heterocycles. The van der Waals surface area contributed by atoms with Gasteiger partial charge in [0, 0.05) is 18.0 Å². The zero-order valence-electron chi connectivity index (χ0n) is 20.5. The van der Waals surface area contributed by atoms with Crippen LogP contribution < -0.4 is 10.6 Å². The van der Waals surface area contributed by atoms with Gasteiger partial charge in [0.2, 0.25) is 5.76 Å². The van der Waals surface area contributed by atoms with Crippen molar-refractivity contribution >= 4 is 11.7 Å².